The summed E-state index contributed by atoms with van der Waals surface area (Å²) in [5, 5.41) is 17.4. The molecule has 6 heteroatoms. The number of hydrogen-bond donors (Lipinski definition) is 2. The molecule has 0 radical (unpaired) electrons. The minimum atomic E-state index is -1.17. The first-order chi connectivity index (χ1) is 7.58. The van der Waals surface area contributed by atoms with Gasteiger partial charge in [-0.3, -0.25) is 4.98 Å². The van der Waals surface area contributed by atoms with E-state index in [0.717, 1.165) is 6.20 Å². The smallest absolute Gasteiger partial charge is 0.356 e. The third-order valence-corrected chi connectivity index (χ3v) is 2.01. The zero-order valence-corrected chi connectivity index (χ0v) is 7.91. The molecule has 1 heterocycles. The minimum Gasteiger partial charge on any atom is -0.478 e. The van der Waals surface area contributed by atoms with Gasteiger partial charge in [0.1, 0.15) is 0 Å². The van der Waals surface area contributed by atoms with E-state index in [1.807, 2.05) is 0 Å². The molecule has 80 valence electrons. The normalized spacial score (nSPS) is 10.2. The average molecular weight is 218 g/mol. The van der Waals surface area contributed by atoms with Gasteiger partial charge >= 0.3 is 11.9 Å². The molecule has 1 aromatic heterocycles. The van der Waals surface area contributed by atoms with Crippen LogP contribution in [-0.4, -0.2) is 32.1 Å². The summed E-state index contributed by atoms with van der Waals surface area (Å²) in [5.74, 6) is -2.23. The maximum atomic E-state index is 10.7. The van der Waals surface area contributed by atoms with E-state index in [2.05, 4.69) is 9.97 Å². The SMILES string of the molecule is O=C(O)c1ccc2nc(C(=O)O)cnc2c1. The van der Waals surface area contributed by atoms with Crippen LogP contribution in [0.1, 0.15) is 20.8 Å². The van der Waals surface area contributed by atoms with Crippen molar-refractivity contribution in [3.63, 3.8) is 0 Å². The van der Waals surface area contributed by atoms with E-state index in [-0.39, 0.29) is 11.3 Å². The molecule has 0 fully saturated rings. The Bertz CT molecular complexity index is 541. The van der Waals surface area contributed by atoms with E-state index in [1.165, 1.54) is 18.2 Å². The number of carbonyl (C=O) groups is 2. The molecular formula is C10H6N2O4. The quantitative estimate of drug-likeness (QED) is 0.780. The lowest BCUT2D eigenvalue weighted by Crippen LogP contribution is -2.02. The fourth-order valence-corrected chi connectivity index (χ4v) is 1.25. The maximum Gasteiger partial charge on any atom is 0.356 e. The number of hydrogen-bond acceptors (Lipinski definition) is 4. The Hall–Kier alpha value is -2.50. The third kappa shape index (κ3) is 1.68. The van der Waals surface area contributed by atoms with Gasteiger partial charge in [-0.25, -0.2) is 14.6 Å². The standard InChI is InChI=1S/C10H6N2O4/c13-9(14)5-1-2-6-7(3-5)11-4-8(12-6)10(15)16/h1-4H,(H,13,14)(H,15,16). The van der Waals surface area contributed by atoms with Gasteiger partial charge in [-0.2, -0.15) is 0 Å². The number of benzene rings is 1. The maximum absolute atomic E-state index is 10.7. The molecule has 16 heavy (non-hydrogen) atoms. The predicted octanol–water partition coefficient (Wildman–Crippen LogP) is 1.03. The summed E-state index contributed by atoms with van der Waals surface area (Å²) in [6, 6.07) is 4.12. The van der Waals surface area contributed by atoms with Gasteiger partial charge in [-0.1, -0.05) is 0 Å². The van der Waals surface area contributed by atoms with Gasteiger partial charge in [-0.05, 0) is 18.2 Å². The Kier molecular flexibility index (Phi) is 2.24. The molecule has 2 N–H and O–H groups in total. The molecule has 2 aromatic rings. The van der Waals surface area contributed by atoms with E-state index in [4.69, 9.17) is 10.2 Å². The Morgan fingerprint density at radius 3 is 2.44 bits per heavy atom. The summed E-state index contributed by atoms with van der Waals surface area (Å²) in [4.78, 5) is 29.0. The zero-order chi connectivity index (χ0) is 11.7. The van der Waals surface area contributed by atoms with Crippen LogP contribution in [0.3, 0.4) is 0 Å². The second-order valence-corrected chi connectivity index (χ2v) is 3.07. The Morgan fingerprint density at radius 2 is 1.81 bits per heavy atom. The molecule has 6 nitrogen and oxygen atoms in total. The first-order valence-electron chi connectivity index (χ1n) is 4.31. The summed E-state index contributed by atoms with van der Waals surface area (Å²) in [5.41, 5.74) is 0.621. The van der Waals surface area contributed by atoms with Crippen molar-refractivity contribution in [2.24, 2.45) is 0 Å². The van der Waals surface area contributed by atoms with Crippen LogP contribution in [0.2, 0.25) is 0 Å². The van der Waals surface area contributed by atoms with E-state index in [1.54, 1.807) is 0 Å². The number of carboxylic acid groups (broad SMARTS) is 2. The second-order valence-electron chi connectivity index (χ2n) is 3.07. The van der Waals surface area contributed by atoms with Crippen LogP contribution in [0.15, 0.2) is 24.4 Å². The molecule has 0 unspecified atom stereocenters. The molecule has 2 rings (SSSR count). The first-order valence-corrected chi connectivity index (χ1v) is 4.31. The lowest BCUT2D eigenvalue weighted by molar-refractivity contribution is 0.0682. The van der Waals surface area contributed by atoms with Gasteiger partial charge in [0.2, 0.25) is 0 Å². The van der Waals surface area contributed by atoms with Crippen molar-refractivity contribution in [2.45, 2.75) is 0 Å². The monoisotopic (exact) mass is 218 g/mol. The molecule has 0 atom stereocenters. The van der Waals surface area contributed by atoms with Crippen LogP contribution in [-0.2, 0) is 0 Å². The minimum absolute atomic E-state index is 0.0878. The van der Waals surface area contributed by atoms with Crippen LogP contribution in [0.5, 0.6) is 0 Å². The van der Waals surface area contributed by atoms with E-state index < -0.39 is 11.9 Å². The number of nitrogens with zero attached hydrogens (tertiary/aromatic N) is 2. The highest BCUT2D eigenvalue weighted by Crippen LogP contribution is 2.12. The van der Waals surface area contributed by atoms with Crippen molar-refractivity contribution in [2.75, 3.05) is 0 Å². The van der Waals surface area contributed by atoms with Crippen LogP contribution in [0, 0.1) is 0 Å². The fourth-order valence-electron chi connectivity index (χ4n) is 1.25. The predicted molar refractivity (Wildman–Crippen MR) is 53.5 cm³/mol. The number of aromatic carboxylic acids is 2. The van der Waals surface area contributed by atoms with Crippen molar-refractivity contribution in [3.8, 4) is 0 Å². The average Bonchev–Trinajstić information content (AvgIpc) is 2.27. The molecule has 0 aliphatic carbocycles. The summed E-state index contributed by atoms with van der Waals surface area (Å²) in [7, 11) is 0. The number of rotatable bonds is 2. The number of aromatic nitrogens is 2. The van der Waals surface area contributed by atoms with E-state index >= 15 is 0 Å². The summed E-state index contributed by atoms with van der Waals surface area (Å²) in [6.07, 6.45) is 1.09. The fraction of sp³-hybridized carbons (Fsp3) is 0. The van der Waals surface area contributed by atoms with E-state index in [9.17, 15) is 9.59 Å². The van der Waals surface area contributed by atoms with Crippen LogP contribution in [0.4, 0.5) is 0 Å². The zero-order valence-electron chi connectivity index (χ0n) is 7.91. The van der Waals surface area contributed by atoms with Gasteiger partial charge in [-0.15, -0.1) is 0 Å². The Balaban J connectivity index is 2.61. The van der Waals surface area contributed by atoms with Crippen molar-refractivity contribution < 1.29 is 19.8 Å². The van der Waals surface area contributed by atoms with Crippen LogP contribution < -0.4 is 0 Å². The molecule has 1 aromatic carbocycles. The van der Waals surface area contributed by atoms with Crippen LogP contribution >= 0.6 is 0 Å². The summed E-state index contributed by atoms with van der Waals surface area (Å²) >= 11 is 0. The van der Waals surface area contributed by atoms with Crippen molar-refractivity contribution in [3.05, 3.63) is 35.7 Å². The van der Waals surface area contributed by atoms with Gasteiger partial charge in [0.15, 0.2) is 5.69 Å². The molecule has 0 aliphatic heterocycles. The lowest BCUT2D eigenvalue weighted by atomic mass is 10.2. The molecule has 0 spiro atoms. The van der Waals surface area contributed by atoms with Crippen molar-refractivity contribution in [1.29, 1.82) is 0 Å². The molecule has 0 saturated carbocycles. The van der Waals surface area contributed by atoms with Crippen molar-refractivity contribution in [1.82, 2.24) is 9.97 Å². The molecule has 0 amide bonds. The summed E-state index contributed by atoms with van der Waals surface area (Å²) in [6.45, 7) is 0. The first kappa shape index (κ1) is 10.0. The van der Waals surface area contributed by atoms with E-state index in [0.29, 0.717) is 11.0 Å². The van der Waals surface area contributed by atoms with Gasteiger partial charge < -0.3 is 10.2 Å². The Morgan fingerprint density at radius 1 is 1.06 bits per heavy atom. The van der Waals surface area contributed by atoms with Gasteiger partial charge in [0.05, 0.1) is 22.8 Å². The third-order valence-electron chi connectivity index (χ3n) is 2.01. The van der Waals surface area contributed by atoms with Gasteiger partial charge in [0, 0.05) is 0 Å². The largest absolute Gasteiger partial charge is 0.478 e. The number of carboxylic acids is 2. The lowest BCUT2D eigenvalue weighted by Gasteiger charge is -1.99. The highest BCUT2D eigenvalue weighted by Gasteiger charge is 2.08. The highest BCUT2D eigenvalue weighted by molar-refractivity contribution is 5.93. The molecular weight excluding hydrogens is 212 g/mol. The topological polar surface area (TPSA) is 100 Å². The van der Waals surface area contributed by atoms with Crippen LogP contribution in [0.25, 0.3) is 11.0 Å². The molecule has 0 bridgehead atoms. The number of fused-ring (bicyclic) bond motifs is 1. The second kappa shape index (κ2) is 3.58. The highest BCUT2D eigenvalue weighted by atomic mass is 16.4. The molecule has 0 aliphatic rings. The Labute approximate surface area is 89.2 Å². The summed E-state index contributed by atoms with van der Waals surface area (Å²) < 4.78 is 0. The molecule has 0 saturated heterocycles. The van der Waals surface area contributed by atoms with Crippen molar-refractivity contribution >= 4 is 23.0 Å². The van der Waals surface area contributed by atoms with Gasteiger partial charge in [0.25, 0.3) is 0 Å².